The van der Waals surface area contributed by atoms with Gasteiger partial charge in [-0.15, -0.1) is 0 Å². The van der Waals surface area contributed by atoms with Crippen LogP contribution in [-0.4, -0.2) is 26.7 Å². The summed E-state index contributed by atoms with van der Waals surface area (Å²) in [5.41, 5.74) is 3.78. The summed E-state index contributed by atoms with van der Waals surface area (Å²) in [6.45, 7) is 3.17. The number of hydrogen-bond donors (Lipinski definition) is 3. The molecule has 0 saturated heterocycles. The molecule has 3 N–H and O–H groups in total. The number of aromatic nitrogens is 2. The van der Waals surface area contributed by atoms with E-state index in [1.165, 1.54) is 31.4 Å². The molecule has 0 spiro atoms. The molecular weight excluding hydrogens is 414 g/mol. The summed E-state index contributed by atoms with van der Waals surface area (Å²) in [4.78, 5) is 16.0. The average Bonchev–Trinajstić information content (AvgIpc) is 3.43. The number of hydrogen-bond acceptors (Lipinski definition) is 4. The number of carbonyl (C=O) groups is 1. The van der Waals surface area contributed by atoms with Crippen molar-refractivity contribution in [1.29, 1.82) is 0 Å². The predicted molar refractivity (Wildman–Crippen MR) is 115 cm³/mol. The number of nitrogens with zero attached hydrogens (tertiary/aromatic N) is 2. The Morgan fingerprint density at radius 3 is 2.78 bits per heavy atom. The highest BCUT2D eigenvalue weighted by molar-refractivity contribution is 5.96. The minimum absolute atomic E-state index is 0.0977. The monoisotopic (exact) mass is 440 g/mol. The third kappa shape index (κ3) is 3.67. The molecule has 2 heterocycles. The molecule has 2 aliphatic carbocycles. The van der Waals surface area contributed by atoms with Crippen molar-refractivity contribution in [2.24, 2.45) is 17.8 Å². The van der Waals surface area contributed by atoms with Crippen molar-refractivity contribution in [2.75, 3.05) is 0 Å². The molecular formula is C24H26F2N4O2. The summed E-state index contributed by atoms with van der Waals surface area (Å²) in [6.07, 6.45) is 7.24. The van der Waals surface area contributed by atoms with Crippen LogP contribution in [0.4, 0.5) is 8.78 Å². The number of nitrogens with one attached hydrogen (secondary N) is 2. The molecule has 2 aromatic heterocycles. The van der Waals surface area contributed by atoms with Crippen molar-refractivity contribution < 1.29 is 18.8 Å². The van der Waals surface area contributed by atoms with Gasteiger partial charge in [-0.05, 0) is 54.7 Å². The molecule has 32 heavy (non-hydrogen) atoms. The van der Waals surface area contributed by atoms with Gasteiger partial charge < -0.3 is 9.88 Å². The lowest BCUT2D eigenvalue weighted by Crippen LogP contribution is -2.34. The van der Waals surface area contributed by atoms with Gasteiger partial charge in [0.05, 0.1) is 18.3 Å². The van der Waals surface area contributed by atoms with E-state index >= 15 is 0 Å². The Balaban J connectivity index is 1.46. The Kier molecular flexibility index (Phi) is 5.43. The van der Waals surface area contributed by atoms with E-state index in [-0.39, 0.29) is 12.2 Å². The first kappa shape index (κ1) is 21.0. The van der Waals surface area contributed by atoms with Gasteiger partial charge in [0, 0.05) is 35.8 Å². The average molecular weight is 440 g/mol. The fraction of sp³-hybridized carbons (Fsp3) is 0.417. The molecule has 0 radical (unpaired) electrons. The number of carbonyl (C=O) groups excluding carboxylic acids is 1. The van der Waals surface area contributed by atoms with Gasteiger partial charge in [-0.3, -0.25) is 10.0 Å². The molecule has 2 unspecified atom stereocenters. The highest BCUT2D eigenvalue weighted by Crippen LogP contribution is 2.49. The highest BCUT2D eigenvalue weighted by Gasteiger charge is 2.45. The van der Waals surface area contributed by atoms with Crippen molar-refractivity contribution in [3.05, 3.63) is 65.1 Å². The van der Waals surface area contributed by atoms with Gasteiger partial charge in [-0.2, -0.15) is 0 Å². The molecule has 5 rings (SSSR count). The number of rotatable bonds is 6. The third-order valence-electron chi connectivity index (χ3n) is 7.46. The fourth-order valence-corrected chi connectivity index (χ4v) is 5.71. The van der Waals surface area contributed by atoms with Crippen molar-refractivity contribution in [3.8, 4) is 0 Å². The van der Waals surface area contributed by atoms with Crippen LogP contribution in [0.1, 0.15) is 47.8 Å². The van der Waals surface area contributed by atoms with E-state index < -0.39 is 17.5 Å². The van der Waals surface area contributed by atoms with Crippen LogP contribution in [-0.2, 0) is 13.1 Å². The summed E-state index contributed by atoms with van der Waals surface area (Å²) in [6, 6.07) is 5.66. The molecule has 2 saturated carbocycles. The standard InChI is InChI=1S/C24H26F2N4O2/c1-13-14-3-5-18(13)21(6-14)27-9-16-12-30(11-15-2-4-17(25)7-20(15)26)23-10-28-22(8-19(16)23)24(31)29-32/h2,4,7-8,10,12-14,18,21,27,32H,3,5-6,9,11H2,1H3,(H,29,31)/t13-,14?,18+,21?/m0/s1. The second-order valence-corrected chi connectivity index (χ2v) is 9.13. The van der Waals surface area contributed by atoms with Gasteiger partial charge in [-0.1, -0.05) is 13.0 Å². The molecule has 2 fully saturated rings. The van der Waals surface area contributed by atoms with Gasteiger partial charge in [-0.25, -0.2) is 19.2 Å². The van der Waals surface area contributed by atoms with Crippen molar-refractivity contribution >= 4 is 16.8 Å². The van der Waals surface area contributed by atoms with Crippen LogP contribution >= 0.6 is 0 Å². The Morgan fingerprint density at radius 1 is 1.25 bits per heavy atom. The predicted octanol–water partition coefficient (Wildman–Crippen LogP) is 4.01. The maximum atomic E-state index is 14.3. The number of pyridine rings is 1. The Hall–Kier alpha value is -2.84. The molecule has 2 aliphatic rings. The lowest BCUT2D eigenvalue weighted by atomic mass is 9.94. The maximum Gasteiger partial charge on any atom is 0.293 e. The summed E-state index contributed by atoms with van der Waals surface area (Å²) < 4.78 is 29.4. The summed E-state index contributed by atoms with van der Waals surface area (Å²) in [7, 11) is 0. The first-order valence-electron chi connectivity index (χ1n) is 11.0. The second kappa shape index (κ2) is 8.26. The smallest absolute Gasteiger partial charge is 0.293 e. The van der Waals surface area contributed by atoms with Crippen LogP contribution in [0.5, 0.6) is 0 Å². The summed E-state index contributed by atoms with van der Waals surface area (Å²) >= 11 is 0. The molecule has 168 valence electrons. The number of amides is 1. The normalized spacial score (nSPS) is 24.4. The molecule has 1 amide bonds. The lowest BCUT2D eigenvalue weighted by molar-refractivity contribution is 0.0701. The topological polar surface area (TPSA) is 79.2 Å². The number of hydroxylamine groups is 1. The van der Waals surface area contributed by atoms with Crippen LogP contribution in [0.15, 0.2) is 36.7 Å². The zero-order valence-electron chi connectivity index (χ0n) is 17.8. The highest BCUT2D eigenvalue weighted by atomic mass is 19.1. The quantitative estimate of drug-likeness (QED) is 0.400. The van der Waals surface area contributed by atoms with E-state index in [9.17, 15) is 13.6 Å². The van der Waals surface area contributed by atoms with Gasteiger partial charge in [0.15, 0.2) is 0 Å². The van der Waals surface area contributed by atoms with E-state index in [0.29, 0.717) is 24.1 Å². The van der Waals surface area contributed by atoms with Crippen LogP contribution in [0.25, 0.3) is 10.9 Å². The Morgan fingerprint density at radius 2 is 2.09 bits per heavy atom. The summed E-state index contributed by atoms with van der Waals surface area (Å²) in [5, 5.41) is 13.5. The SMILES string of the molecule is C[C@H]1C2CC[C@H]1C(NCc1cn(Cc3ccc(F)cc3F)c3cnc(C(=O)NO)cc13)C2. The van der Waals surface area contributed by atoms with Crippen molar-refractivity contribution in [3.63, 3.8) is 0 Å². The van der Waals surface area contributed by atoms with Gasteiger partial charge in [0.1, 0.15) is 17.3 Å². The van der Waals surface area contributed by atoms with E-state index in [1.54, 1.807) is 17.7 Å². The van der Waals surface area contributed by atoms with Crippen LogP contribution in [0, 0.1) is 29.4 Å². The second-order valence-electron chi connectivity index (χ2n) is 9.13. The van der Waals surface area contributed by atoms with E-state index in [4.69, 9.17) is 5.21 Å². The van der Waals surface area contributed by atoms with Crippen molar-refractivity contribution in [2.45, 2.75) is 45.3 Å². The molecule has 1 aromatic carbocycles. The van der Waals surface area contributed by atoms with E-state index in [2.05, 4.69) is 17.2 Å². The van der Waals surface area contributed by atoms with Crippen molar-refractivity contribution in [1.82, 2.24) is 20.3 Å². The minimum Gasteiger partial charge on any atom is -0.341 e. The van der Waals surface area contributed by atoms with E-state index in [0.717, 1.165) is 34.4 Å². The largest absolute Gasteiger partial charge is 0.341 e. The fourth-order valence-electron chi connectivity index (χ4n) is 5.71. The number of halogens is 2. The van der Waals surface area contributed by atoms with Crippen LogP contribution < -0.4 is 10.8 Å². The molecule has 2 bridgehead atoms. The Labute approximate surface area is 184 Å². The summed E-state index contributed by atoms with van der Waals surface area (Å²) in [5.74, 6) is 0.328. The Bertz CT molecular complexity index is 1180. The number of fused-ring (bicyclic) bond motifs is 3. The van der Waals surface area contributed by atoms with Gasteiger partial charge in [0.25, 0.3) is 5.91 Å². The molecule has 3 aromatic rings. The molecule has 6 nitrogen and oxygen atoms in total. The van der Waals surface area contributed by atoms with Gasteiger partial charge in [0.2, 0.25) is 0 Å². The number of benzene rings is 1. The first-order chi connectivity index (χ1) is 15.4. The van der Waals surface area contributed by atoms with Gasteiger partial charge >= 0.3 is 0 Å². The zero-order chi connectivity index (χ0) is 22.4. The molecule has 8 heteroatoms. The van der Waals surface area contributed by atoms with Crippen LogP contribution in [0.3, 0.4) is 0 Å². The molecule has 0 aliphatic heterocycles. The maximum absolute atomic E-state index is 14.3. The first-order valence-corrected chi connectivity index (χ1v) is 11.0. The lowest BCUT2D eigenvalue weighted by Gasteiger charge is -2.23. The minimum atomic E-state index is -0.690. The van der Waals surface area contributed by atoms with E-state index in [1.807, 2.05) is 10.8 Å². The van der Waals surface area contributed by atoms with Crippen LogP contribution in [0.2, 0.25) is 0 Å². The molecule has 4 atom stereocenters. The zero-order valence-corrected chi connectivity index (χ0v) is 17.8. The third-order valence-corrected chi connectivity index (χ3v) is 7.46.